The van der Waals surface area contributed by atoms with Crippen LogP contribution in [0.5, 0.6) is 5.75 Å². The summed E-state index contributed by atoms with van der Waals surface area (Å²) >= 11 is 6.10. The number of halogens is 2. The Balaban J connectivity index is 1.88. The molecule has 1 heterocycles. The van der Waals surface area contributed by atoms with Crippen LogP contribution in [0.1, 0.15) is 34.7 Å². The van der Waals surface area contributed by atoms with Gasteiger partial charge in [-0.1, -0.05) is 41.4 Å². The summed E-state index contributed by atoms with van der Waals surface area (Å²) in [4.78, 5) is 37.0. The number of anilines is 1. The van der Waals surface area contributed by atoms with Gasteiger partial charge in [0.1, 0.15) is 11.6 Å². The number of rotatable bonds is 7. The first-order chi connectivity index (χ1) is 16.0. The van der Waals surface area contributed by atoms with Gasteiger partial charge < -0.3 is 25.4 Å². The van der Waals surface area contributed by atoms with E-state index in [0.29, 0.717) is 11.1 Å². The van der Waals surface area contributed by atoms with Gasteiger partial charge in [0.2, 0.25) is 0 Å². The normalized spacial score (nSPS) is 11.6. The summed E-state index contributed by atoms with van der Waals surface area (Å²) in [7, 11) is 0. The molecule has 3 aromatic rings. The molecule has 0 unspecified atom stereocenters. The van der Waals surface area contributed by atoms with Crippen LogP contribution in [0.3, 0.4) is 0 Å². The number of carboxylic acid groups (broad SMARTS) is 1. The predicted molar refractivity (Wildman–Crippen MR) is 126 cm³/mol. The molecule has 4 N–H and O–H groups in total. The highest BCUT2D eigenvalue weighted by Gasteiger charge is 2.21. The lowest BCUT2D eigenvalue weighted by Crippen LogP contribution is -2.36. The maximum atomic E-state index is 13.6. The minimum atomic E-state index is -1.13. The molecule has 0 bridgehead atoms. The summed E-state index contributed by atoms with van der Waals surface area (Å²) in [5.74, 6) is -2.09. The summed E-state index contributed by atoms with van der Waals surface area (Å²) in [5.41, 5.74) is 1.00. The molecule has 10 heteroatoms. The Hall–Kier alpha value is -3.85. The highest BCUT2D eigenvalue weighted by atomic mass is 35.5. The van der Waals surface area contributed by atoms with Crippen LogP contribution in [0.4, 0.5) is 14.9 Å². The lowest BCUT2D eigenvalue weighted by Gasteiger charge is -2.19. The van der Waals surface area contributed by atoms with Crippen LogP contribution in [-0.2, 0) is 11.3 Å². The number of hydrogen-bond acceptors (Lipinski definition) is 4. The van der Waals surface area contributed by atoms with E-state index >= 15 is 0 Å². The fourth-order valence-electron chi connectivity index (χ4n) is 3.41. The number of nitrogens with zero attached hydrogens (tertiary/aromatic N) is 1. The van der Waals surface area contributed by atoms with Crippen LogP contribution in [0.25, 0.3) is 0 Å². The first-order valence-corrected chi connectivity index (χ1v) is 10.7. The molecule has 0 saturated carbocycles. The average Bonchev–Trinajstić information content (AvgIpc) is 2.77. The van der Waals surface area contributed by atoms with E-state index < -0.39 is 47.3 Å². The second-order valence-electron chi connectivity index (χ2n) is 7.86. The summed E-state index contributed by atoms with van der Waals surface area (Å²) in [6, 6.07) is 8.96. The molecule has 0 saturated heterocycles. The average molecular weight is 488 g/mol. The standard InChI is InChI=1S/C24H23ClFN3O5/c1-13-3-5-15(6-4-13)19(10-20(30)31)27-24(34)28-21-22(32)14(2)11-29(23(21)33)12-16-9-17(26)7-8-18(16)25/h3-9,11,19,32H,10,12H2,1-2H3,(H,30,31)(H2,27,28,34)/t19-/m0/s1. The monoisotopic (exact) mass is 487 g/mol. The van der Waals surface area contributed by atoms with Crippen molar-refractivity contribution in [3.05, 3.63) is 92.1 Å². The van der Waals surface area contributed by atoms with Crippen molar-refractivity contribution in [2.75, 3.05) is 5.32 Å². The van der Waals surface area contributed by atoms with Gasteiger partial charge in [-0.15, -0.1) is 0 Å². The Labute approximate surface area is 199 Å². The van der Waals surface area contributed by atoms with Crippen LogP contribution in [-0.4, -0.2) is 26.8 Å². The zero-order chi connectivity index (χ0) is 25.0. The molecule has 34 heavy (non-hydrogen) atoms. The lowest BCUT2D eigenvalue weighted by atomic mass is 10.0. The second-order valence-corrected chi connectivity index (χ2v) is 8.27. The van der Waals surface area contributed by atoms with Gasteiger partial charge in [-0.05, 0) is 43.2 Å². The number of aromatic hydroxyl groups is 1. The molecule has 0 aliphatic carbocycles. The van der Waals surface area contributed by atoms with E-state index in [9.17, 15) is 29.0 Å². The SMILES string of the molecule is Cc1ccc([C@H](CC(=O)O)NC(=O)Nc2c(O)c(C)cn(Cc3cc(F)ccc3Cl)c2=O)cc1. The molecule has 0 fully saturated rings. The van der Waals surface area contributed by atoms with E-state index in [1.807, 2.05) is 6.92 Å². The number of nitrogens with one attached hydrogen (secondary N) is 2. The third-order valence-electron chi connectivity index (χ3n) is 5.19. The van der Waals surface area contributed by atoms with E-state index in [-0.39, 0.29) is 17.1 Å². The van der Waals surface area contributed by atoms with Crippen molar-refractivity contribution >= 4 is 29.3 Å². The molecule has 8 nitrogen and oxygen atoms in total. The lowest BCUT2D eigenvalue weighted by molar-refractivity contribution is -0.137. The Morgan fingerprint density at radius 3 is 2.47 bits per heavy atom. The number of aliphatic carboxylic acids is 1. The van der Waals surface area contributed by atoms with E-state index in [2.05, 4.69) is 10.6 Å². The number of carboxylic acids is 1. The van der Waals surface area contributed by atoms with E-state index in [0.717, 1.165) is 5.56 Å². The van der Waals surface area contributed by atoms with Gasteiger partial charge in [0.05, 0.1) is 19.0 Å². The van der Waals surface area contributed by atoms with Gasteiger partial charge in [0.25, 0.3) is 5.56 Å². The fraction of sp³-hybridized carbons (Fsp3) is 0.208. The quantitative estimate of drug-likeness (QED) is 0.395. The van der Waals surface area contributed by atoms with Crippen LogP contribution in [0.2, 0.25) is 5.02 Å². The third kappa shape index (κ3) is 5.93. The van der Waals surface area contributed by atoms with Crippen molar-refractivity contribution in [1.29, 1.82) is 0 Å². The molecule has 2 amide bonds. The van der Waals surface area contributed by atoms with Crippen molar-refractivity contribution in [2.45, 2.75) is 32.9 Å². The van der Waals surface area contributed by atoms with Gasteiger partial charge in [-0.25, -0.2) is 9.18 Å². The van der Waals surface area contributed by atoms with Gasteiger partial charge >= 0.3 is 12.0 Å². The first-order valence-electron chi connectivity index (χ1n) is 10.3. The number of benzene rings is 2. The molecular weight excluding hydrogens is 465 g/mol. The molecule has 0 aliphatic rings. The maximum absolute atomic E-state index is 13.6. The summed E-state index contributed by atoms with van der Waals surface area (Å²) in [6.45, 7) is 3.30. The highest BCUT2D eigenvalue weighted by molar-refractivity contribution is 6.31. The highest BCUT2D eigenvalue weighted by Crippen LogP contribution is 2.25. The summed E-state index contributed by atoms with van der Waals surface area (Å²) in [6.07, 6.45) is 0.972. The molecule has 2 aromatic carbocycles. The molecule has 0 spiro atoms. The van der Waals surface area contributed by atoms with Gasteiger partial charge in [0, 0.05) is 16.8 Å². The van der Waals surface area contributed by atoms with Crippen molar-refractivity contribution in [2.24, 2.45) is 0 Å². The Kier molecular flexibility index (Phi) is 7.57. The number of hydrogen-bond donors (Lipinski definition) is 4. The zero-order valence-corrected chi connectivity index (χ0v) is 19.2. The summed E-state index contributed by atoms with van der Waals surface area (Å²) < 4.78 is 14.8. The Morgan fingerprint density at radius 1 is 1.15 bits per heavy atom. The van der Waals surface area contributed by atoms with Crippen molar-refractivity contribution in [3.63, 3.8) is 0 Å². The molecular formula is C24H23ClFN3O5. The van der Waals surface area contributed by atoms with Crippen LogP contribution in [0, 0.1) is 19.7 Å². The number of pyridine rings is 1. The van der Waals surface area contributed by atoms with Crippen molar-refractivity contribution < 1.29 is 24.2 Å². The smallest absolute Gasteiger partial charge is 0.319 e. The minimum Gasteiger partial charge on any atom is -0.505 e. The molecule has 1 aromatic heterocycles. The van der Waals surface area contributed by atoms with Crippen LogP contribution < -0.4 is 16.2 Å². The van der Waals surface area contributed by atoms with E-state index in [1.54, 1.807) is 24.3 Å². The van der Waals surface area contributed by atoms with Crippen LogP contribution in [0.15, 0.2) is 53.5 Å². The Morgan fingerprint density at radius 2 is 1.82 bits per heavy atom. The first kappa shape index (κ1) is 24.8. The molecule has 1 atom stereocenters. The zero-order valence-electron chi connectivity index (χ0n) is 18.4. The topological polar surface area (TPSA) is 121 Å². The van der Waals surface area contributed by atoms with Crippen LogP contribution >= 0.6 is 11.6 Å². The van der Waals surface area contributed by atoms with Crippen molar-refractivity contribution in [3.8, 4) is 5.75 Å². The number of carbonyl (C=O) groups excluding carboxylic acids is 1. The fourth-order valence-corrected chi connectivity index (χ4v) is 3.58. The predicted octanol–water partition coefficient (Wildman–Crippen LogP) is 4.35. The Bertz CT molecular complexity index is 1290. The molecule has 178 valence electrons. The molecule has 3 rings (SSSR count). The summed E-state index contributed by atoms with van der Waals surface area (Å²) in [5, 5.41) is 24.8. The van der Waals surface area contributed by atoms with Crippen molar-refractivity contribution in [1.82, 2.24) is 9.88 Å². The number of aryl methyl sites for hydroxylation is 2. The van der Waals surface area contributed by atoms with Gasteiger partial charge in [-0.2, -0.15) is 0 Å². The van der Waals surface area contributed by atoms with Gasteiger partial charge in [-0.3, -0.25) is 9.59 Å². The molecule has 0 radical (unpaired) electrons. The number of amides is 2. The second kappa shape index (κ2) is 10.4. The number of carbonyl (C=O) groups is 2. The number of urea groups is 1. The molecule has 0 aliphatic heterocycles. The third-order valence-corrected chi connectivity index (χ3v) is 5.55. The minimum absolute atomic E-state index is 0.0994. The van der Waals surface area contributed by atoms with Gasteiger partial charge in [0.15, 0.2) is 5.69 Å². The largest absolute Gasteiger partial charge is 0.505 e. The number of aromatic nitrogens is 1. The van der Waals surface area contributed by atoms with E-state index in [1.165, 1.54) is 35.9 Å². The maximum Gasteiger partial charge on any atom is 0.319 e. The van der Waals surface area contributed by atoms with E-state index in [4.69, 9.17) is 11.6 Å².